The first-order valence-electron chi connectivity index (χ1n) is 11.9. The van der Waals surface area contributed by atoms with Crippen molar-refractivity contribution in [1.82, 2.24) is 9.80 Å². The molecule has 0 saturated heterocycles. The lowest BCUT2D eigenvalue weighted by Gasteiger charge is -2.28. The van der Waals surface area contributed by atoms with E-state index < -0.39 is 0 Å². The fraction of sp³-hybridized carbons (Fsp3) is 0.357. The fourth-order valence-corrected chi connectivity index (χ4v) is 5.23. The first-order valence-corrected chi connectivity index (χ1v) is 13.6. The van der Waals surface area contributed by atoms with Crippen molar-refractivity contribution in [2.75, 3.05) is 47.6 Å². The van der Waals surface area contributed by atoms with Crippen LogP contribution in [0.3, 0.4) is 0 Å². The molecule has 0 unspecified atom stereocenters. The number of rotatable bonds is 13. The summed E-state index contributed by atoms with van der Waals surface area (Å²) in [7, 11) is 4.79. The summed E-state index contributed by atoms with van der Waals surface area (Å²) in [5.74, 6) is 0.972. The Morgan fingerprint density at radius 3 is 2.35 bits per heavy atom. The van der Waals surface area contributed by atoms with Crippen molar-refractivity contribution in [3.63, 3.8) is 0 Å². The Morgan fingerprint density at radius 1 is 0.946 bits per heavy atom. The van der Waals surface area contributed by atoms with Crippen LogP contribution in [0.5, 0.6) is 11.5 Å². The van der Waals surface area contributed by atoms with Crippen LogP contribution in [0.4, 0.5) is 0 Å². The number of hydrogen-bond acceptors (Lipinski definition) is 6. The summed E-state index contributed by atoms with van der Waals surface area (Å²) in [5.41, 5.74) is 2.69. The zero-order valence-corrected chi connectivity index (χ0v) is 24.1. The van der Waals surface area contributed by atoms with E-state index in [-0.39, 0.29) is 18.4 Å². The van der Waals surface area contributed by atoms with Crippen molar-refractivity contribution >= 4 is 39.1 Å². The second-order valence-electron chi connectivity index (χ2n) is 8.48. The van der Waals surface area contributed by atoms with Crippen molar-refractivity contribution < 1.29 is 23.8 Å². The molecule has 2 aromatic carbocycles. The minimum Gasteiger partial charge on any atom is -0.493 e. The van der Waals surface area contributed by atoms with Crippen LogP contribution in [0, 0.1) is 6.92 Å². The fourth-order valence-electron chi connectivity index (χ4n) is 3.85. The molecule has 3 aromatic rings. The highest BCUT2D eigenvalue weighted by Crippen LogP contribution is 2.28. The van der Waals surface area contributed by atoms with Gasteiger partial charge < -0.3 is 24.0 Å². The van der Waals surface area contributed by atoms with Crippen molar-refractivity contribution in [1.29, 1.82) is 0 Å². The number of halogens is 1. The number of benzene rings is 2. The lowest BCUT2D eigenvalue weighted by molar-refractivity contribution is -0.132. The van der Waals surface area contributed by atoms with E-state index in [1.165, 1.54) is 0 Å². The van der Waals surface area contributed by atoms with E-state index in [4.69, 9.17) is 14.2 Å². The molecular weight excluding hydrogens is 556 g/mol. The minimum absolute atomic E-state index is 0.0418. The number of hydrogen-bond donors (Lipinski definition) is 0. The molecule has 0 fully saturated rings. The highest BCUT2D eigenvalue weighted by Gasteiger charge is 2.24. The normalized spacial score (nSPS) is 10.7. The molecule has 0 N–H and O–H groups in total. The van der Waals surface area contributed by atoms with Crippen LogP contribution >= 0.6 is 27.3 Å². The maximum Gasteiger partial charge on any atom is 0.255 e. The van der Waals surface area contributed by atoms with Gasteiger partial charge in [0.1, 0.15) is 6.54 Å². The van der Waals surface area contributed by atoms with Crippen LogP contribution in [0.15, 0.2) is 58.4 Å². The van der Waals surface area contributed by atoms with Gasteiger partial charge in [-0.05, 0) is 76.1 Å². The number of aryl methyl sites for hydroxylation is 1. The Kier molecular flexibility index (Phi) is 11.0. The van der Waals surface area contributed by atoms with Gasteiger partial charge in [-0.1, -0.05) is 18.2 Å². The molecule has 0 bridgehead atoms. The topological polar surface area (TPSA) is 68.3 Å². The van der Waals surface area contributed by atoms with E-state index in [0.29, 0.717) is 54.2 Å². The predicted molar refractivity (Wildman–Crippen MR) is 150 cm³/mol. The largest absolute Gasteiger partial charge is 0.493 e. The van der Waals surface area contributed by atoms with Gasteiger partial charge in [-0.25, -0.2) is 0 Å². The molecular formula is C28H33BrN2O5S. The van der Waals surface area contributed by atoms with Crippen molar-refractivity contribution in [2.24, 2.45) is 0 Å². The average Bonchev–Trinajstić information content (AvgIpc) is 3.32. The van der Waals surface area contributed by atoms with Crippen LogP contribution in [0.1, 0.15) is 26.4 Å². The molecule has 2 amide bonds. The molecule has 0 atom stereocenters. The van der Waals surface area contributed by atoms with Crippen molar-refractivity contribution in [2.45, 2.75) is 19.9 Å². The highest BCUT2D eigenvalue weighted by molar-refractivity contribution is 9.10. The Labute approximate surface area is 231 Å². The Balaban J connectivity index is 1.81. The smallest absolute Gasteiger partial charge is 0.255 e. The number of methoxy groups -OCH3 is 3. The molecule has 37 heavy (non-hydrogen) atoms. The molecule has 3 rings (SSSR count). The van der Waals surface area contributed by atoms with Crippen LogP contribution in [-0.4, -0.2) is 69.2 Å². The molecule has 0 saturated carbocycles. The third-order valence-electron chi connectivity index (χ3n) is 6.06. The molecule has 198 valence electrons. The number of ether oxygens (including phenoxy) is 3. The molecule has 9 heteroatoms. The summed E-state index contributed by atoms with van der Waals surface area (Å²) in [6.45, 7) is 3.62. The maximum atomic E-state index is 13.7. The molecule has 7 nitrogen and oxygen atoms in total. The number of carbonyl (C=O) groups is 2. The van der Waals surface area contributed by atoms with E-state index in [0.717, 1.165) is 16.0 Å². The quantitative estimate of drug-likeness (QED) is 0.274. The number of thiophene rings is 1. The van der Waals surface area contributed by atoms with Gasteiger partial charge in [0.15, 0.2) is 11.5 Å². The van der Waals surface area contributed by atoms with Gasteiger partial charge in [-0.15, -0.1) is 11.3 Å². The van der Waals surface area contributed by atoms with Crippen LogP contribution in [0.2, 0.25) is 0 Å². The Bertz CT molecular complexity index is 1200. The average molecular weight is 590 g/mol. The van der Waals surface area contributed by atoms with E-state index in [1.54, 1.807) is 43.6 Å². The monoisotopic (exact) mass is 588 g/mol. The summed E-state index contributed by atoms with van der Waals surface area (Å²) in [5, 5.41) is 2.03. The SMILES string of the molecule is COCCN(CC(=O)N(CCc1ccc(OC)c(OC)c1)Cc1sccc1C)C(=O)c1ccccc1Br. The highest BCUT2D eigenvalue weighted by atomic mass is 79.9. The molecule has 0 aliphatic heterocycles. The molecule has 0 aliphatic rings. The summed E-state index contributed by atoms with van der Waals surface area (Å²) < 4.78 is 16.7. The standard InChI is InChI=1S/C28H33BrN2O5S/c1-20-12-16-37-26(20)18-30(13-11-21-9-10-24(35-3)25(17-21)36-4)27(32)19-31(14-15-34-2)28(33)22-7-5-6-8-23(22)29/h5-10,12,16-17H,11,13-15,18-19H2,1-4H3. The number of carbonyl (C=O) groups excluding carboxylic acids is 2. The molecule has 0 aliphatic carbocycles. The van der Waals surface area contributed by atoms with Gasteiger partial charge in [-0.2, -0.15) is 0 Å². The maximum absolute atomic E-state index is 13.7. The second-order valence-corrected chi connectivity index (χ2v) is 10.3. The zero-order valence-electron chi connectivity index (χ0n) is 21.7. The van der Waals surface area contributed by atoms with Gasteiger partial charge in [0.05, 0.1) is 32.9 Å². The second kappa shape index (κ2) is 14.2. The summed E-state index contributed by atoms with van der Waals surface area (Å²) in [4.78, 5) is 31.5. The molecule has 1 aromatic heterocycles. The minimum atomic E-state index is -0.218. The first kappa shape index (κ1) is 28.7. The lowest BCUT2D eigenvalue weighted by Crippen LogP contribution is -2.44. The van der Waals surface area contributed by atoms with Gasteiger partial charge in [0.2, 0.25) is 5.91 Å². The summed E-state index contributed by atoms with van der Waals surface area (Å²) in [6, 6.07) is 15.1. The van der Waals surface area contributed by atoms with Gasteiger partial charge in [-0.3, -0.25) is 9.59 Å². The van der Waals surface area contributed by atoms with E-state index in [9.17, 15) is 9.59 Å². The molecule has 1 heterocycles. The zero-order chi connectivity index (χ0) is 26.8. The van der Waals surface area contributed by atoms with E-state index >= 15 is 0 Å². The Morgan fingerprint density at radius 2 is 1.70 bits per heavy atom. The summed E-state index contributed by atoms with van der Waals surface area (Å²) >= 11 is 5.09. The molecule has 0 radical (unpaired) electrons. The third kappa shape index (κ3) is 7.80. The lowest BCUT2D eigenvalue weighted by atomic mass is 10.1. The van der Waals surface area contributed by atoms with Gasteiger partial charge >= 0.3 is 0 Å². The van der Waals surface area contributed by atoms with Crippen LogP contribution < -0.4 is 9.47 Å². The van der Waals surface area contributed by atoms with Gasteiger partial charge in [0, 0.05) is 29.5 Å². The van der Waals surface area contributed by atoms with Crippen LogP contribution in [-0.2, 0) is 22.5 Å². The number of amides is 2. The van der Waals surface area contributed by atoms with E-state index in [2.05, 4.69) is 22.0 Å². The first-order chi connectivity index (χ1) is 17.9. The van der Waals surface area contributed by atoms with Crippen LogP contribution in [0.25, 0.3) is 0 Å². The molecule has 0 spiro atoms. The Hall–Kier alpha value is -2.88. The van der Waals surface area contributed by atoms with Crippen molar-refractivity contribution in [3.05, 3.63) is 80.0 Å². The van der Waals surface area contributed by atoms with Gasteiger partial charge in [0.25, 0.3) is 5.91 Å². The predicted octanol–water partition coefficient (Wildman–Crippen LogP) is 5.20. The van der Waals surface area contributed by atoms with Crippen molar-refractivity contribution in [3.8, 4) is 11.5 Å². The van der Waals surface area contributed by atoms with E-state index in [1.807, 2.05) is 53.6 Å². The number of nitrogens with zero attached hydrogens (tertiary/aromatic N) is 2. The summed E-state index contributed by atoms with van der Waals surface area (Å²) in [6.07, 6.45) is 0.632. The third-order valence-corrected chi connectivity index (χ3v) is 7.76.